The molecule has 0 unspecified atom stereocenters. The van der Waals surface area contributed by atoms with Crippen LogP contribution in [0.25, 0.3) is 5.69 Å². The molecule has 0 bridgehead atoms. The van der Waals surface area contributed by atoms with E-state index in [1.165, 1.54) is 0 Å². The third-order valence-corrected chi connectivity index (χ3v) is 4.18. The van der Waals surface area contributed by atoms with Crippen LogP contribution in [0.4, 0.5) is 5.82 Å². The van der Waals surface area contributed by atoms with Crippen LogP contribution in [0.1, 0.15) is 22.6 Å². The quantitative estimate of drug-likeness (QED) is 0.731. The number of rotatable bonds is 6. The Kier molecular flexibility index (Phi) is 4.66. The molecule has 6 heteroatoms. The van der Waals surface area contributed by atoms with Gasteiger partial charge in [0, 0.05) is 29.6 Å². The van der Waals surface area contributed by atoms with Gasteiger partial charge in [-0.1, -0.05) is 18.2 Å². The van der Waals surface area contributed by atoms with E-state index in [-0.39, 0.29) is 6.61 Å². The number of aliphatic hydroxyl groups is 1. The zero-order valence-electron chi connectivity index (χ0n) is 14.3. The summed E-state index contributed by atoms with van der Waals surface area (Å²) in [6.07, 6.45) is 0. The van der Waals surface area contributed by atoms with Crippen molar-refractivity contribution in [1.82, 2.24) is 19.6 Å². The Morgan fingerprint density at radius 1 is 1.08 bits per heavy atom. The first-order valence-corrected chi connectivity index (χ1v) is 8.10. The van der Waals surface area contributed by atoms with Gasteiger partial charge in [-0.3, -0.25) is 4.68 Å². The zero-order chi connectivity index (χ0) is 17.1. The number of anilines is 1. The molecular formula is C18H23N5O. The van der Waals surface area contributed by atoms with Gasteiger partial charge in [-0.25, -0.2) is 4.68 Å². The number of para-hydroxylation sites is 1. The SMILES string of the molecule is Cc1nn(CCO)c(C)c1CNc1cc(C)n(-c2ccccc2)n1. The fraction of sp³-hybridized carbons (Fsp3) is 0.333. The maximum Gasteiger partial charge on any atom is 0.148 e. The van der Waals surface area contributed by atoms with Gasteiger partial charge in [0.15, 0.2) is 0 Å². The molecule has 2 aromatic heterocycles. The van der Waals surface area contributed by atoms with Crippen LogP contribution in [0.15, 0.2) is 36.4 Å². The molecule has 24 heavy (non-hydrogen) atoms. The van der Waals surface area contributed by atoms with E-state index in [4.69, 9.17) is 5.11 Å². The van der Waals surface area contributed by atoms with Crippen LogP contribution in [0.3, 0.4) is 0 Å². The Morgan fingerprint density at radius 2 is 1.83 bits per heavy atom. The first-order chi connectivity index (χ1) is 11.6. The molecule has 0 radical (unpaired) electrons. The van der Waals surface area contributed by atoms with Crippen molar-refractivity contribution >= 4 is 5.82 Å². The summed E-state index contributed by atoms with van der Waals surface area (Å²) in [6.45, 7) is 7.34. The van der Waals surface area contributed by atoms with E-state index < -0.39 is 0 Å². The molecule has 1 aromatic carbocycles. The highest BCUT2D eigenvalue weighted by molar-refractivity contribution is 5.42. The largest absolute Gasteiger partial charge is 0.394 e. The second kappa shape index (κ2) is 6.88. The summed E-state index contributed by atoms with van der Waals surface area (Å²) in [7, 11) is 0. The Labute approximate surface area is 141 Å². The summed E-state index contributed by atoms with van der Waals surface area (Å²) in [5.74, 6) is 0.838. The average Bonchev–Trinajstić information content (AvgIpc) is 3.07. The third-order valence-electron chi connectivity index (χ3n) is 4.18. The van der Waals surface area contributed by atoms with Gasteiger partial charge < -0.3 is 10.4 Å². The van der Waals surface area contributed by atoms with E-state index in [0.717, 1.165) is 34.2 Å². The molecule has 3 aromatic rings. The average molecular weight is 325 g/mol. The summed E-state index contributed by atoms with van der Waals surface area (Å²) < 4.78 is 3.78. The number of aromatic nitrogens is 4. The predicted molar refractivity (Wildman–Crippen MR) is 94.4 cm³/mol. The van der Waals surface area contributed by atoms with Crippen molar-refractivity contribution in [2.24, 2.45) is 0 Å². The van der Waals surface area contributed by atoms with E-state index in [1.807, 2.05) is 66.5 Å². The maximum absolute atomic E-state index is 9.10. The predicted octanol–water partition coefficient (Wildman–Crippen LogP) is 2.60. The van der Waals surface area contributed by atoms with Gasteiger partial charge in [0.2, 0.25) is 0 Å². The lowest BCUT2D eigenvalue weighted by atomic mass is 10.2. The minimum atomic E-state index is 0.0928. The van der Waals surface area contributed by atoms with Crippen LogP contribution in [-0.2, 0) is 13.1 Å². The van der Waals surface area contributed by atoms with Gasteiger partial charge in [-0.15, -0.1) is 0 Å². The van der Waals surface area contributed by atoms with Crippen molar-refractivity contribution in [1.29, 1.82) is 0 Å². The second-order valence-electron chi connectivity index (χ2n) is 5.87. The third kappa shape index (κ3) is 3.19. The number of nitrogens with zero attached hydrogens (tertiary/aromatic N) is 4. The lowest BCUT2D eigenvalue weighted by Crippen LogP contribution is -2.07. The van der Waals surface area contributed by atoms with Gasteiger partial charge in [-0.2, -0.15) is 10.2 Å². The molecule has 3 rings (SSSR count). The Hall–Kier alpha value is -2.60. The van der Waals surface area contributed by atoms with Crippen molar-refractivity contribution in [2.75, 3.05) is 11.9 Å². The molecule has 0 saturated carbocycles. The molecule has 2 N–H and O–H groups in total. The van der Waals surface area contributed by atoms with Crippen molar-refractivity contribution in [2.45, 2.75) is 33.9 Å². The van der Waals surface area contributed by atoms with E-state index in [0.29, 0.717) is 13.1 Å². The fourth-order valence-corrected chi connectivity index (χ4v) is 2.87. The van der Waals surface area contributed by atoms with E-state index in [2.05, 4.69) is 15.5 Å². The summed E-state index contributed by atoms with van der Waals surface area (Å²) in [5.41, 5.74) is 5.33. The molecule has 0 amide bonds. The smallest absolute Gasteiger partial charge is 0.148 e. The van der Waals surface area contributed by atoms with E-state index in [1.54, 1.807) is 0 Å². The molecule has 2 heterocycles. The lowest BCUT2D eigenvalue weighted by molar-refractivity contribution is 0.268. The molecule has 0 saturated heterocycles. The standard InChI is InChI=1S/C18H23N5O/c1-13-11-18(21-23(13)16-7-5-4-6-8-16)19-12-17-14(2)20-22(9-10-24)15(17)3/h4-8,11,24H,9-10,12H2,1-3H3,(H,19,21). The molecule has 0 spiro atoms. The number of aryl methyl sites for hydroxylation is 2. The van der Waals surface area contributed by atoms with Gasteiger partial charge in [0.1, 0.15) is 5.82 Å². The molecule has 0 aliphatic rings. The van der Waals surface area contributed by atoms with E-state index in [9.17, 15) is 0 Å². The van der Waals surface area contributed by atoms with Crippen LogP contribution >= 0.6 is 0 Å². The molecule has 126 valence electrons. The van der Waals surface area contributed by atoms with Crippen LogP contribution in [0.2, 0.25) is 0 Å². The van der Waals surface area contributed by atoms with Gasteiger partial charge in [0.05, 0.1) is 24.5 Å². The molecule has 0 fully saturated rings. The Bertz CT molecular complexity index is 820. The highest BCUT2D eigenvalue weighted by atomic mass is 16.3. The van der Waals surface area contributed by atoms with Crippen LogP contribution < -0.4 is 5.32 Å². The lowest BCUT2D eigenvalue weighted by Gasteiger charge is -2.05. The number of hydrogen-bond donors (Lipinski definition) is 2. The normalized spacial score (nSPS) is 11.0. The molecule has 0 atom stereocenters. The summed E-state index contributed by atoms with van der Waals surface area (Å²) >= 11 is 0. The molecule has 0 aliphatic heterocycles. The highest BCUT2D eigenvalue weighted by Crippen LogP contribution is 2.18. The minimum absolute atomic E-state index is 0.0928. The van der Waals surface area contributed by atoms with Crippen LogP contribution in [0.5, 0.6) is 0 Å². The second-order valence-corrected chi connectivity index (χ2v) is 5.87. The first kappa shape index (κ1) is 16.3. The highest BCUT2D eigenvalue weighted by Gasteiger charge is 2.12. The van der Waals surface area contributed by atoms with Crippen molar-refractivity contribution in [3.8, 4) is 5.69 Å². The number of benzene rings is 1. The van der Waals surface area contributed by atoms with Crippen LogP contribution in [-0.4, -0.2) is 31.3 Å². The minimum Gasteiger partial charge on any atom is -0.394 e. The Balaban J connectivity index is 1.77. The maximum atomic E-state index is 9.10. The van der Waals surface area contributed by atoms with E-state index >= 15 is 0 Å². The Morgan fingerprint density at radius 3 is 2.54 bits per heavy atom. The van der Waals surface area contributed by atoms with Crippen molar-refractivity contribution in [3.05, 3.63) is 59.0 Å². The number of hydrogen-bond acceptors (Lipinski definition) is 4. The summed E-state index contributed by atoms with van der Waals surface area (Å²) in [5, 5.41) is 21.6. The fourth-order valence-electron chi connectivity index (χ4n) is 2.87. The first-order valence-electron chi connectivity index (χ1n) is 8.10. The topological polar surface area (TPSA) is 67.9 Å². The van der Waals surface area contributed by atoms with Gasteiger partial charge in [-0.05, 0) is 32.9 Å². The van der Waals surface area contributed by atoms with Crippen LogP contribution in [0, 0.1) is 20.8 Å². The van der Waals surface area contributed by atoms with Crippen molar-refractivity contribution in [3.63, 3.8) is 0 Å². The van der Waals surface area contributed by atoms with Gasteiger partial charge in [0.25, 0.3) is 0 Å². The number of aliphatic hydroxyl groups excluding tert-OH is 1. The number of nitrogens with one attached hydrogen (secondary N) is 1. The monoisotopic (exact) mass is 325 g/mol. The molecule has 0 aliphatic carbocycles. The molecule has 6 nitrogen and oxygen atoms in total. The van der Waals surface area contributed by atoms with Gasteiger partial charge >= 0.3 is 0 Å². The van der Waals surface area contributed by atoms with Crippen molar-refractivity contribution < 1.29 is 5.11 Å². The summed E-state index contributed by atoms with van der Waals surface area (Å²) in [4.78, 5) is 0. The summed E-state index contributed by atoms with van der Waals surface area (Å²) in [6, 6.07) is 12.1. The molecular weight excluding hydrogens is 302 g/mol. The zero-order valence-corrected chi connectivity index (χ0v) is 14.3.